The minimum atomic E-state index is -0.220. The van der Waals surface area contributed by atoms with Crippen molar-refractivity contribution >= 4 is 5.91 Å². The van der Waals surface area contributed by atoms with Crippen LogP contribution < -0.4 is 14.8 Å². The third kappa shape index (κ3) is 6.91. The van der Waals surface area contributed by atoms with Crippen molar-refractivity contribution in [2.24, 2.45) is 0 Å². The van der Waals surface area contributed by atoms with Crippen LogP contribution in [-0.4, -0.2) is 99.0 Å². The molecule has 1 aromatic carbocycles. The maximum atomic E-state index is 12.3. The van der Waals surface area contributed by atoms with E-state index in [9.17, 15) is 4.79 Å². The van der Waals surface area contributed by atoms with Crippen molar-refractivity contribution in [1.29, 1.82) is 0 Å². The number of rotatable bonds is 11. The van der Waals surface area contributed by atoms with Gasteiger partial charge in [0.2, 0.25) is 12.7 Å². The van der Waals surface area contributed by atoms with Crippen molar-refractivity contribution in [2.45, 2.75) is 13.1 Å². The highest BCUT2D eigenvalue weighted by atomic mass is 16.7. The second-order valence-electron chi connectivity index (χ2n) is 8.54. The van der Waals surface area contributed by atoms with E-state index < -0.39 is 0 Å². The first-order chi connectivity index (χ1) is 16.1. The second-order valence-corrected chi connectivity index (χ2v) is 8.54. The average Bonchev–Trinajstić information content (AvgIpc) is 3.47. The quantitative estimate of drug-likeness (QED) is 0.529. The molecule has 0 spiro atoms. The molecule has 4 rings (SSSR count). The van der Waals surface area contributed by atoms with Crippen molar-refractivity contribution in [3.8, 4) is 11.5 Å². The van der Waals surface area contributed by atoms with Crippen LogP contribution in [-0.2, 0) is 17.8 Å². The highest BCUT2D eigenvalue weighted by molar-refractivity contribution is 5.91. The minimum Gasteiger partial charge on any atom is -0.454 e. The lowest BCUT2D eigenvalue weighted by molar-refractivity contribution is 0.0320. The average molecular weight is 460 g/mol. The first-order valence-corrected chi connectivity index (χ1v) is 11.3. The minimum absolute atomic E-state index is 0.220. The fourth-order valence-corrected chi connectivity index (χ4v) is 3.78. The predicted molar refractivity (Wildman–Crippen MR) is 121 cm³/mol. The first-order valence-electron chi connectivity index (χ1n) is 11.3. The van der Waals surface area contributed by atoms with E-state index in [-0.39, 0.29) is 12.7 Å². The third-order valence-electron chi connectivity index (χ3n) is 5.67. The molecule has 0 atom stereocenters. The van der Waals surface area contributed by atoms with E-state index >= 15 is 0 Å². The van der Waals surface area contributed by atoms with E-state index in [0.717, 1.165) is 63.0 Å². The summed E-state index contributed by atoms with van der Waals surface area (Å²) in [6.45, 7) is 7.97. The van der Waals surface area contributed by atoms with Crippen LogP contribution in [0.3, 0.4) is 0 Å². The first kappa shape index (κ1) is 23.5. The summed E-state index contributed by atoms with van der Waals surface area (Å²) < 4.78 is 22.1. The van der Waals surface area contributed by atoms with E-state index in [1.807, 2.05) is 31.1 Å². The van der Waals surface area contributed by atoms with Crippen molar-refractivity contribution in [3.63, 3.8) is 0 Å². The molecule has 2 aliphatic heterocycles. The molecule has 1 fully saturated rings. The number of hydrogen-bond acceptors (Lipinski definition) is 9. The fraction of sp³-hybridized carbons (Fsp3) is 0.565. The number of nitrogens with zero attached hydrogens (tertiary/aromatic N) is 4. The second kappa shape index (κ2) is 11.5. The molecule has 2 aliphatic rings. The Kier molecular flexibility index (Phi) is 8.16. The summed E-state index contributed by atoms with van der Waals surface area (Å²) >= 11 is 0. The molecule has 2 aromatic rings. The highest BCUT2D eigenvalue weighted by Gasteiger charge is 2.19. The summed E-state index contributed by atoms with van der Waals surface area (Å²) in [7, 11) is 3.93. The summed E-state index contributed by atoms with van der Waals surface area (Å²) in [5, 5.41) is 2.87. The van der Waals surface area contributed by atoms with Gasteiger partial charge in [0.05, 0.1) is 19.8 Å². The van der Waals surface area contributed by atoms with Crippen LogP contribution in [0.1, 0.15) is 21.9 Å². The van der Waals surface area contributed by atoms with Gasteiger partial charge in [-0.25, -0.2) is 4.98 Å². The van der Waals surface area contributed by atoms with Crippen molar-refractivity contribution in [1.82, 2.24) is 25.0 Å². The van der Waals surface area contributed by atoms with Gasteiger partial charge in [0, 0.05) is 45.8 Å². The Morgan fingerprint density at radius 3 is 2.76 bits per heavy atom. The smallest absolute Gasteiger partial charge is 0.273 e. The van der Waals surface area contributed by atoms with E-state index in [4.69, 9.17) is 18.6 Å². The molecule has 1 amide bonds. The number of fused-ring (bicyclic) bond motifs is 1. The number of likely N-dealkylation sites (N-methyl/N-ethyl adjacent to an activating group) is 1. The molecule has 3 heterocycles. The van der Waals surface area contributed by atoms with Crippen molar-refractivity contribution in [2.75, 3.05) is 73.4 Å². The van der Waals surface area contributed by atoms with Crippen LogP contribution >= 0.6 is 0 Å². The van der Waals surface area contributed by atoms with Crippen LogP contribution in [0.4, 0.5) is 0 Å². The largest absolute Gasteiger partial charge is 0.454 e. The molecule has 1 aromatic heterocycles. The van der Waals surface area contributed by atoms with E-state index in [0.29, 0.717) is 31.2 Å². The number of nitrogens with one attached hydrogen (secondary N) is 1. The summed E-state index contributed by atoms with van der Waals surface area (Å²) in [5.41, 5.74) is 1.43. The standard InChI is InChI=1S/C23H33N5O5/c1-26(2)6-5-24-23(29)19-16-31-22(25-19)15-28(8-7-27-9-11-30-12-10-27)14-18-3-4-20-21(13-18)33-17-32-20/h3-4,13,16H,5-12,14-15,17H2,1-2H3,(H,24,29). The molecule has 0 saturated carbocycles. The Morgan fingerprint density at radius 2 is 1.94 bits per heavy atom. The van der Waals surface area contributed by atoms with Gasteiger partial charge in [-0.2, -0.15) is 0 Å². The molecule has 0 aliphatic carbocycles. The van der Waals surface area contributed by atoms with Gasteiger partial charge in [0.1, 0.15) is 6.26 Å². The molecule has 33 heavy (non-hydrogen) atoms. The molecule has 0 unspecified atom stereocenters. The Labute approximate surface area is 194 Å². The maximum absolute atomic E-state index is 12.3. The van der Waals surface area contributed by atoms with Crippen molar-refractivity contribution in [3.05, 3.63) is 41.6 Å². The molecule has 1 saturated heterocycles. The van der Waals surface area contributed by atoms with Crippen LogP contribution in [0, 0.1) is 0 Å². The van der Waals surface area contributed by atoms with Crippen LogP contribution in [0.25, 0.3) is 0 Å². The zero-order chi connectivity index (χ0) is 23.0. The lowest BCUT2D eigenvalue weighted by Crippen LogP contribution is -2.41. The number of oxazole rings is 1. The lowest BCUT2D eigenvalue weighted by Gasteiger charge is -2.29. The number of aromatic nitrogens is 1. The fourth-order valence-electron chi connectivity index (χ4n) is 3.78. The van der Waals surface area contributed by atoms with Gasteiger partial charge < -0.3 is 28.8 Å². The van der Waals surface area contributed by atoms with Gasteiger partial charge in [0.25, 0.3) is 5.91 Å². The van der Waals surface area contributed by atoms with Gasteiger partial charge in [-0.3, -0.25) is 14.6 Å². The Balaban J connectivity index is 1.38. The maximum Gasteiger partial charge on any atom is 0.273 e. The molecular weight excluding hydrogens is 426 g/mol. The zero-order valence-electron chi connectivity index (χ0n) is 19.4. The zero-order valence-corrected chi connectivity index (χ0v) is 19.4. The summed E-state index contributed by atoms with van der Waals surface area (Å²) in [6, 6.07) is 6.01. The van der Waals surface area contributed by atoms with Crippen LogP contribution in [0.15, 0.2) is 28.9 Å². The normalized spacial score (nSPS) is 16.0. The van der Waals surface area contributed by atoms with Gasteiger partial charge in [-0.15, -0.1) is 0 Å². The predicted octanol–water partition coefficient (Wildman–Crippen LogP) is 1.03. The Hall–Kier alpha value is -2.66. The molecule has 10 nitrogen and oxygen atoms in total. The SMILES string of the molecule is CN(C)CCNC(=O)c1coc(CN(CCN2CCOCC2)Cc2ccc3c(c2)OCO3)n1. The monoisotopic (exact) mass is 459 g/mol. The Morgan fingerprint density at radius 1 is 1.12 bits per heavy atom. The number of amides is 1. The molecule has 0 radical (unpaired) electrons. The summed E-state index contributed by atoms with van der Waals surface area (Å²) in [6.07, 6.45) is 1.43. The number of carbonyl (C=O) groups is 1. The number of carbonyl (C=O) groups excluding carboxylic acids is 1. The molecule has 0 bridgehead atoms. The summed E-state index contributed by atoms with van der Waals surface area (Å²) in [5.74, 6) is 1.85. The topological polar surface area (TPSA) is 92.5 Å². The Bertz CT molecular complexity index is 912. The number of hydrogen-bond donors (Lipinski definition) is 1. The summed E-state index contributed by atoms with van der Waals surface area (Å²) in [4.78, 5) is 23.5. The van der Waals surface area contributed by atoms with Crippen molar-refractivity contribution < 1.29 is 23.4 Å². The molecule has 1 N–H and O–H groups in total. The number of ether oxygens (including phenoxy) is 3. The third-order valence-corrected chi connectivity index (χ3v) is 5.67. The van der Waals surface area contributed by atoms with Crippen LogP contribution in [0.5, 0.6) is 11.5 Å². The highest BCUT2D eigenvalue weighted by Crippen LogP contribution is 2.32. The lowest BCUT2D eigenvalue weighted by atomic mass is 10.2. The van der Waals surface area contributed by atoms with Gasteiger partial charge in [-0.1, -0.05) is 6.07 Å². The molecule has 10 heteroatoms. The number of benzene rings is 1. The van der Waals surface area contributed by atoms with Gasteiger partial charge >= 0.3 is 0 Å². The number of morpholine rings is 1. The van der Waals surface area contributed by atoms with Crippen LogP contribution in [0.2, 0.25) is 0 Å². The van der Waals surface area contributed by atoms with E-state index in [1.165, 1.54) is 6.26 Å². The van der Waals surface area contributed by atoms with Gasteiger partial charge in [-0.05, 0) is 31.8 Å². The van der Waals surface area contributed by atoms with Gasteiger partial charge in [0.15, 0.2) is 17.2 Å². The van der Waals surface area contributed by atoms with E-state index in [1.54, 1.807) is 0 Å². The van der Waals surface area contributed by atoms with E-state index in [2.05, 4.69) is 26.2 Å². The molecular formula is C23H33N5O5. The molecule has 180 valence electrons.